The topological polar surface area (TPSA) is 64.4 Å². The van der Waals surface area contributed by atoms with Crippen molar-refractivity contribution in [1.82, 2.24) is 0 Å². The highest BCUT2D eigenvalue weighted by Crippen LogP contribution is 2.08. The summed E-state index contributed by atoms with van der Waals surface area (Å²) in [5.74, 6) is 5.41. The summed E-state index contributed by atoms with van der Waals surface area (Å²) in [6, 6.07) is 7.74. The number of hydrogen-bond donors (Lipinski definition) is 2. The molecule has 0 spiro atoms. The van der Waals surface area contributed by atoms with Crippen molar-refractivity contribution >= 4 is 21.8 Å². The standard InChI is InChI=1S/C8H10BrN3/c9-5-6-2-1-3-7(4-6)8(10)12-11/h1-4H,5,11H2,(H2,10,12). The van der Waals surface area contributed by atoms with Crippen LogP contribution >= 0.6 is 15.9 Å². The Labute approximate surface area is 79.6 Å². The van der Waals surface area contributed by atoms with Gasteiger partial charge in [-0.15, -0.1) is 0 Å². The molecule has 64 valence electrons. The van der Waals surface area contributed by atoms with Crippen molar-refractivity contribution in [3.05, 3.63) is 35.4 Å². The number of hydrogen-bond acceptors (Lipinski definition) is 2. The van der Waals surface area contributed by atoms with Gasteiger partial charge >= 0.3 is 0 Å². The van der Waals surface area contributed by atoms with Gasteiger partial charge in [0.25, 0.3) is 0 Å². The van der Waals surface area contributed by atoms with Crippen LogP contribution in [0.1, 0.15) is 11.1 Å². The first kappa shape index (κ1) is 9.06. The summed E-state index contributed by atoms with van der Waals surface area (Å²) in [6.07, 6.45) is 0. The zero-order valence-corrected chi connectivity index (χ0v) is 8.08. The Morgan fingerprint density at radius 1 is 1.50 bits per heavy atom. The van der Waals surface area contributed by atoms with Crippen molar-refractivity contribution in [2.45, 2.75) is 5.33 Å². The lowest BCUT2D eigenvalue weighted by atomic mass is 10.1. The first-order valence-corrected chi connectivity index (χ1v) is 4.58. The number of amidine groups is 1. The van der Waals surface area contributed by atoms with E-state index >= 15 is 0 Å². The normalized spacial score (nSPS) is 11.6. The van der Waals surface area contributed by atoms with Gasteiger partial charge in [0.1, 0.15) is 5.84 Å². The highest BCUT2D eigenvalue weighted by molar-refractivity contribution is 9.08. The highest BCUT2D eigenvalue weighted by Gasteiger charge is 1.97. The second kappa shape index (κ2) is 4.11. The second-order valence-electron chi connectivity index (χ2n) is 2.35. The minimum atomic E-state index is 0.359. The van der Waals surface area contributed by atoms with Crippen LogP contribution < -0.4 is 11.6 Å². The number of benzene rings is 1. The quantitative estimate of drug-likeness (QED) is 0.262. The maximum Gasteiger partial charge on any atom is 0.150 e. The minimum Gasteiger partial charge on any atom is -0.382 e. The van der Waals surface area contributed by atoms with Gasteiger partial charge in [-0.2, -0.15) is 5.10 Å². The van der Waals surface area contributed by atoms with E-state index in [9.17, 15) is 0 Å². The molecule has 3 nitrogen and oxygen atoms in total. The molecule has 4 heteroatoms. The fourth-order valence-corrected chi connectivity index (χ4v) is 1.24. The molecule has 0 fully saturated rings. The van der Waals surface area contributed by atoms with Gasteiger partial charge in [0.2, 0.25) is 0 Å². The van der Waals surface area contributed by atoms with Crippen LogP contribution in [-0.2, 0) is 5.33 Å². The molecule has 0 aliphatic heterocycles. The maximum absolute atomic E-state index is 5.53. The van der Waals surface area contributed by atoms with Crippen LogP contribution in [0.4, 0.5) is 0 Å². The van der Waals surface area contributed by atoms with Crippen LogP contribution in [0, 0.1) is 0 Å². The smallest absolute Gasteiger partial charge is 0.150 e. The van der Waals surface area contributed by atoms with Crippen LogP contribution in [-0.4, -0.2) is 5.84 Å². The van der Waals surface area contributed by atoms with Crippen molar-refractivity contribution < 1.29 is 0 Å². The van der Waals surface area contributed by atoms with E-state index < -0.39 is 0 Å². The molecule has 0 unspecified atom stereocenters. The molecular weight excluding hydrogens is 218 g/mol. The van der Waals surface area contributed by atoms with Gasteiger partial charge in [-0.1, -0.05) is 34.1 Å². The zero-order valence-electron chi connectivity index (χ0n) is 6.50. The summed E-state index contributed by atoms with van der Waals surface area (Å²) < 4.78 is 0. The predicted molar refractivity (Wildman–Crippen MR) is 54.0 cm³/mol. The monoisotopic (exact) mass is 227 g/mol. The third-order valence-electron chi connectivity index (χ3n) is 1.52. The molecule has 0 amide bonds. The molecule has 0 aliphatic rings. The van der Waals surface area contributed by atoms with E-state index in [1.54, 1.807) is 0 Å². The van der Waals surface area contributed by atoms with E-state index in [0.717, 1.165) is 16.5 Å². The molecule has 1 aromatic carbocycles. The maximum atomic E-state index is 5.53. The van der Waals surface area contributed by atoms with E-state index in [1.807, 2.05) is 24.3 Å². The number of alkyl halides is 1. The van der Waals surface area contributed by atoms with Gasteiger partial charge in [0.15, 0.2) is 0 Å². The third-order valence-corrected chi connectivity index (χ3v) is 2.16. The molecule has 0 heterocycles. The fraction of sp³-hybridized carbons (Fsp3) is 0.125. The Kier molecular flexibility index (Phi) is 3.10. The lowest BCUT2D eigenvalue weighted by Crippen LogP contribution is -2.15. The van der Waals surface area contributed by atoms with Crippen LogP contribution in [0.3, 0.4) is 0 Å². The number of nitrogens with two attached hydrogens (primary N) is 2. The Morgan fingerprint density at radius 2 is 2.25 bits per heavy atom. The molecule has 0 aromatic heterocycles. The summed E-state index contributed by atoms with van der Waals surface area (Å²) in [7, 11) is 0. The molecule has 0 bridgehead atoms. The molecule has 1 aromatic rings. The van der Waals surface area contributed by atoms with Gasteiger partial charge in [0.05, 0.1) is 0 Å². The lowest BCUT2D eigenvalue weighted by Gasteiger charge is -2.00. The predicted octanol–water partition coefficient (Wildman–Crippen LogP) is 1.16. The molecule has 1 rings (SSSR count). The SMILES string of the molecule is NN=C(N)c1cccc(CBr)c1. The Balaban J connectivity index is 3.02. The zero-order chi connectivity index (χ0) is 8.97. The summed E-state index contributed by atoms with van der Waals surface area (Å²) in [6.45, 7) is 0. The molecule has 12 heavy (non-hydrogen) atoms. The van der Waals surface area contributed by atoms with E-state index in [2.05, 4.69) is 21.0 Å². The second-order valence-corrected chi connectivity index (χ2v) is 2.91. The van der Waals surface area contributed by atoms with Crippen molar-refractivity contribution in [3.63, 3.8) is 0 Å². The molecular formula is C8H10BrN3. The first-order chi connectivity index (χ1) is 5.77. The number of rotatable bonds is 2. The minimum absolute atomic E-state index is 0.359. The Morgan fingerprint density at radius 3 is 2.83 bits per heavy atom. The molecule has 0 atom stereocenters. The van der Waals surface area contributed by atoms with Gasteiger partial charge in [0, 0.05) is 10.9 Å². The molecule has 4 N–H and O–H groups in total. The first-order valence-electron chi connectivity index (χ1n) is 3.46. The van der Waals surface area contributed by atoms with E-state index in [4.69, 9.17) is 11.6 Å². The molecule has 0 saturated heterocycles. The molecule has 0 aliphatic carbocycles. The van der Waals surface area contributed by atoms with Gasteiger partial charge in [-0.25, -0.2) is 0 Å². The van der Waals surface area contributed by atoms with E-state index in [1.165, 1.54) is 0 Å². The van der Waals surface area contributed by atoms with Gasteiger partial charge in [-0.05, 0) is 11.6 Å². The van der Waals surface area contributed by atoms with Crippen LogP contribution in [0.2, 0.25) is 0 Å². The lowest BCUT2D eigenvalue weighted by molar-refractivity contribution is 1.23. The summed E-state index contributed by atoms with van der Waals surface area (Å²) >= 11 is 3.35. The van der Waals surface area contributed by atoms with Gasteiger partial charge < -0.3 is 11.6 Å². The van der Waals surface area contributed by atoms with Crippen LogP contribution in [0.15, 0.2) is 29.4 Å². The summed E-state index contributed by atoms with van der Waals surface area (Å²) in [5.41, 5.74) is 7.54. The largest absolute Gasteiger partial charge is 0.382 e. The fourth-order valence-electron chi connectivity index (χ4n) is 0.888. The average Bonchev–Trinajstić information content (AvgIpc) is 2.17. The van der Waals surface area contributed by atoms with Crippen LogP contribution in [0.25, 0.3) is 0 Å². The molecule has 0 radical (unpaired) electrons. The summed E-state index contributed by atoms with van der Waals surface area (Å²) in [4.78, 5) is 0. The highest BCUT2D eigenvalue weighted by atomic mass is 79.9. The Hall–Kier alpha value is -1.03. The number of halogens is 1. The van der Waals surface area contributed by atoms with Crippen molar-refractivity contribution in [2.24, 2.45) is 16.7 Å². The van der Waals surface area contributed by atoms with Crippen LogP contribution in [0.5, 0.6) is 0 Å². The van der Waals surface area contributed by atoms with Gasteiger partial charge in [-0.3, -0.25) is 0 Å². The van der Waals surface area contributed by atoms with E-state index in [-0.39, 0.29) is 0 Å². The average molecular weight is 228 g/mol. The van der Waals surface area contributed by atoms with E-state index in [0.29, 0.717) is 5.84 Å². The Bertz CT molecular complexity index is 296. The molecule has 0 saturated carbocycles. The third kappa shape index (κ3) is 1.98. The van der Waals surface area contributed by atoms with Crippen molar-refractivity contribution in [1.29, 1.82) is 0 Å². The van der Waals surface area contributed by atoms with Crippen molar-refractivity contribution in [2.75, 3.05) is 0 Å². The van der Waals surface area contributed by atoms with Crippen molar-refractivity contribution in [3.8, 4) is 0 Å². The summed E-state index contributed by atoms with van der Waals surface area (Å²) in [5, 5.41) is 4.22. The number of nitrogens with zero attached hydrogens (tertiary/aromatic N) is 1. The number of hydrazone groups is 1.